The molecular weight excluding hydrogens is 268 g/mol. The van der Waals surface area contributed by atoms with Gasteiger partial charge in [-0.25, -0.2) is 0 Å². The van der Waals surface area contributed by atoms with Crippen molar-refractivity contribution in [2.24, 2.45) is 0 Å². The van der Waals surface area contributed by atoms with Crippen LogP contribution in [0, 0.1) is 0 Å². The van der Waals surface area contributed by atoms with E-state index in [1.54, 1.807) is 9.80 Å². The summed E-state index contributed by atoms with van der Waals surface area (Å²) in [5.74, 6) is -0.852. The number of hydrogen-bond acceptors (Lipinski definition) is 3. The number of carbonyl (C=O) groups is 2. The van der Waals surface area contributed by atoms with Gasteiger partial charge in [-0.2, -0.15) is 0 Å². The van der Waals surface area contributed by atoms with Crippen LogP contribution >= 0.6 is 0 Å². The normalized spacial score (nSPS) is 24.9. The molecule has 0 bridgehead atoms. The molecule has 0 radical (unpaired) electrons. The number of hydrogen-bond donors (Lipinski definition) is 0. The maximum atomic E-state index is 12.5. The van der Waals surface area contributed by atoms with Gasteiger partial charge in [0.25, 0.3) is 0 Å². The number of fused-ring (bicyclic) bond motifs is 1. The number of carbonyl (C=O) groups excluding carboxylic acids is 2. The SMILES string of the molecule is CC1CN(C(=O)C(=O)N2CCc3ccccc32)CC(C)O1. The molecule has 2 amide bonds. The molecule has 0 spiro atoms. The van der Waals surface area contributed by atoms with E-state index in [0.29, 0.717) is 19.6 Å². The molecule has 2 aliphatic heterocycles. The smallest absolute Gasteiger partial charge is 0.316 e. The lowest BCUT2D eigenvalue weighted by atomic mass is 10.2. The van der Waals surface area contributed by atoms with Crippen molar-refractivity contribution in [2.75, 3.05) is 24.5 Å². The molecule has 1 saturated heterocycles. The molecule has 0 N–H and O–H groups in total. The Bertz CT molecular complexity index is 562. The lowest BCUT2D eigenvalue weighted by molar-refractivity contribution is -0.152. The minimum Gasteiger partial charge on any atom is -0.372 e. The largest absolute Gasteiger partial charge is 0.372 e. The Kier molecular flexibility index (Phi) is 3.68. The topological polar surface area (TPSA) is 49.9 Å². The summed E-state index contributed by atoms with van der Waals surface area (Å²) in [6.07, 6.45) is 0.748. The van der Waals surface area contributed by atoms with E-state index < -0.39 is 11.8 Å². The highest BCUT2D eigenvalue weighted by Gasteiger charge is 2.34. The quantitative estimate of drug-likeness (QED) is 0.674. The number of amides is 2. The third kappa shape index (κ3) is 2.65. The zero-order valence-corrected chi connectivity index (χ0v) is 12.4. The lowest BCUT2D eigenvalue weighted by Crippen LogP contribution is -2.53. The molecule has 0 aliphatic carbocycles. The van der Waals surface area contributed by atoms with E-state index in [2.05, 4.69) is 0 Å². The summed E-state index contributed by atoms with van der Waals surface area (Å²) in [6, 6.07) is 7.76. The number of ether oxygens (including phenoxy) is 1. The standard InChI is InChI=1S/C16H20N2O3/c1-11-9-17(10-12(2)21-11)15(19)16(20)18-8-7-13-5-3-4-6-14(13)18/h3-6,11-12H,7-10H2,1-2H3. The Morgan fingerprint density at radius 1 is 1.10 bits per heavy atom. The first kappa shape index (κ1) is 14.1. The van der Waals surface area contributed by atoms with Gasteiger partial charge in [0.1, 0.15) is 0 Å². The van der Waals surface area contributed by atoms with E-state index in [0.717, 1.165) is 17.7 Å². The van der Waals surface area contributed by atoms with Gasteiger partial charge in [0, 0.05) is 25.3 Å². The molecule has 1 aromatic rings. The van der Waals surface area contributed by atoms with Crippen LogP contribution in [0.25, 0.3) is 0 Å². The molecule has 2 unspecified atom stereocenters. The van der Waals surface area contributed by atoms with E-state index in [4.69, 9.17) is 4.74 Å². The minimum absolute atomic E-state index is 0.0311. The molecule has 2 heterocycles. The zero-order chi connectivity index (χ0) is 15.0. The zero-order valence-electron chi connectivity index (χ0n) is 12.4. The monoisotopic (exact) mass is 288 g/mol. The molecule has 2 atom stereocenters. The van der Waals surface area contributed by atoms with Crippen LogP contribution in [0.1, 0.15) is 19.4 Å². The molecule has 1 fully saturated rings. The van der Waals surface area contributed by atoms with Crippen molar-refractivity contribution >= 4 is 17.5 Å². The molecule has 5 heteroatoms. The predicted octanol–water partition coefficient (Wildman–Crippen LogP) is 1.21. The van der Waals surface area contributed by atoms with Crippen LogP contribution in [0.5, 0.6) is 0 Å². The Morgan fingerprint density at radius 3 is 2.48 bits per heavy atom. The summed E-state index contributed by atoms with van der Waals surface area (Å²) in [5.41, 5.74) is 1.99. The Morgan fingerprint density at radius 2 is 1.76 bits per heavy atom. The molecule has 112 valence electrons. The highest BCUT2D eigenvalue weighted by Crippen LogP contribution is 2.27. The van der Waals surface area contributed by atoms with Gasteiger partial charge < -0.3 is 14.5 Å². The van der Waals surface area contributed by atoms with Gasteiger partial charge in [0.05, 0.1) is 12.2 Å². The van der Waals surface area contributed by atoms with Crippen molar-refractivity contribution < 1.29 is 14.3 Å². The number of anilines is 1. The van der Waals surface area contributed by atoms with Crippen molar-refractivity contribution in [3.8, 4) is 0 Å². The van der Waals surface area contributed by atoms with Crippen LogP contribution in [0.4, 0.5) is 5.69 Å². The van der Waals surface area contributed by atoms with E-state index in [1.165, 1.54) is 0 Å². The fraction of sp³-hybridized carbons (Fsp3) is 0.500. The molecule has 21 heavy (non-hydrogen) atoms. The lowest BCUT2D eigenvalue weighted by Gasteiger charge is -2.35. The molecule has 2 aliphatic rings. The van der Waals surface area contributed by atoms with Crippen LogP contribution in [0.3, 0.4) is 0 Å². The average Bonchev–Trinajstić information content (AvgIpc) is 2.88. The molecule has 0 saturated carbocycles. The van der Waals surface area contributed by atoms with E-state index in [9.17, 15) is 9.59 Å². The van der Waals surface area contributed by atoms with Crippen molar-refractivity contribution in [3.63, 3.8) is 0 Å². The van der Waals surface area contributed by atoms with Crippen molar-refractivity contribution in [3.05, 3.63) is 29.8 Å². The summed E-state index contributed by atoms with van der Waals surface area (Å²) in [4.78, 5) is 28.2. The molecule has 5 nitrogen and oxygen atoms in total. The van der Waals surface area contributed by atoms with Gasteiger partial charge >= 0.3 is 11.8 Å². The summed E-state index contributed by atoms with van der Waals surface area (Å²) in [6.45, 7) is 5.38. The number of morpholine rings is 1. The first-order valence-electron chi connectivity index (χ1n) is 7.40. The Balaban J connectivity index is 1.75. The van der Waals surface area contributed by atoms with Crippen LogP contribution in [-0.4, -0.2) is 48.6 Å². The van der Waals surface area contributed by atoms with Gasteiger partial charge in [0.15, 0.2) is 0 Å². The van der Waals surface area contributed by atoms with Crippen LogP contribution in [-0.2, 0) is 20.7 Å². The second-order valence-electron chi connectivity index (χ2n) is 5.80. The van der Waals surface area contributed by atoms with Crippen LogP contribution in [0.15, 0.2) is 24.3 Å². The second-order valence-corrected chi connectivity index (χ2v) is 5.80. The molecule has 3 rings (SSSR count). The predicted molar refractivity (Wildman–Crippen MR) is 79.1 cm³/mol. The fourth-order valence-electron chi connectivity index (χ4n) is 3.14. The summed E-state index contributed by atoms with van der Waals surface area (Å²) >= 11 is 0. The highest BCUT2D eigenvalue weighted by atomic mass is 16.5. The third-order valence-electron chi connectivity index (χ3n) is 4.02. The first-order valence-corrected chi connectivity index (χ1v) is 7.40. The third-order valence-corrected chi connectivity index (χ3v) is 4.02. The molecule has 0 aromatic heterocycles. The summed E-state index contributed by atoms with van der Waals surface area (Å²) in [7, 11) is 0. The Labute approximate surface area is 124 Å². The Hall–Kier alpha value is -1.88. The number of benzene rings is 1. The van der Waals surface area contributed by atoms with Gasteiger partial charge in [-0.3, -0.25) is 9.59 Å². The van der Waals surface area contributed by atoms with Gasteiger partial charge in [-0.15, -0.1) is 0 Å². The highest BCUT2D eigenvalue weighted by molar-refractivity contribution is 6.40. The van der Waals surface area contributed by atoms with E-state index in [-0.39, 0.29) is 12.2 Å². The molecular formula is C16H20N2O3. The molecule has 1 aromatic carbocycles. The van der Waals surface area contributed by atoms with Gasteiger partial charge in [-0.1, -0.05) is 18.2 Å². The second kappa shape index (κ2) is 5.48. The maximum Gasteiger partial charge on any atom is 0.316 e. The van der Waals surface area contributed by atoms with Gasteiger partial charge in [-0.05, 0) is 31.9 Å². The number of para-hydroxylation sites is 1. The minimum atomic E-state index is -0.429. The average molecular weight is 288 g/mol. The van der Waals surface area contributed by atoms with Crippen LogP contribution < -0.4 is 4.90 Å². The van der Waals surface area contributed by atoms with Crippen molar-refractivity contribution in [1.82, 2.24) is 4.90 Å². The first-order chi connectivity index (χ1) is 10.1. The van der Waals surface area contributed by atoms with E-state index in [1.807, 2.05) is 38.1 Å². The summed E-state index contributed by atoms with van der Waals surface area (Å²) in [5, 5.41) is 0. The fourth-order valence-corrected chi connectivity index (χ4v) is 3.14. The van der Waals surface area contributed by atoms with Crippen molar-refractivity contribution in [2.45, 2.75) is 32.5 Å². The van der Waals surface area contributed by atoms with Crippen LogP contribution in [0.2, 0.25) is 0 Å². The van der Waals surface area contributed by atoms with E-state index >= 15 is 0 Å². The van der Waals surface area contributed by atoms with Crippen molar-refractivity contribution in [1.29, 1.82) is 0 Å². The summed E-state index contributed by atoms with van der Waals surface area (Å²) < 4.78 is 5.61. The van der Waals surface area contributed by atoms with Gasteiger partial charge in [0.2, 0.25) is 0 Å². The maximum absolute atomic E-state index is 12.5. The number of nitrogens with zero attached hydrogens (tertiary/aromatic N) is 2. The number of rotatable bonds is 0.